The van der Waals surface area contributed by atoms with E-state index in [4.69, 9.17) is 11.6 Å². The molecule has 0 N–H and O–H groups in total. The maximum atomic E-state index is 11.0. The Morgan fingerprint density at radius 3 is 2.57 bits per heavy atom. The van der Waals surface area contributed by atoms with E-state index >= 15 is 0 Å². The van der Waals surface area contributed by atoms with Gasteiger partial charge in [-0.1, -0.05) is 23.7 Å². The fraction of sp³-hybridized carbons (Fsp3) is 0.200. The summed E-state index contributed by atoms with van der Waals surface area (Å²) in [7, 11) is -3.09. The third-order valence-electron chi connectivity index (χ3n) is 1.67. The van der Waals surface area contributed by atoms with Crippen molar-refractivity contribution in [2.24, 2.45) is 0 Å². The quantitative estimate of drug-likeness (QED) is 0.783. The van der Waals surface area contributed by atoms with Crippen molar-refractivity contribution < 1.29 is 8.42 Å². The Kier molecular flexibility index (Phi) is 3.34. The van der Waals surface area contributed by atoms with Crippen LogP contribution in [0.1, 0.15) is 12.5 Å². The van der Waals surface area contributed by atoms with E-state index in [9.17, 15) is 8.42 Å². The molecule has 4 heteroatoms. The molecule has 0 aliphatic heterocycles. The topological polar surface area (TPSA) is 34.1 Å². The van der Waals surface area contributed by atoms with Gasteiger partial charge in [-0.25, -0.2) is 8.42 Å². The second-order valence-electron chi connectivity index (χ2n) is 3.14. The van der Waals surface area contributed by atoms with E-state index in [-0.39, 0.29) is 0 Å². The van der Waals surface area contributed by atoms with Crippen molar-refractivity contribution in [3.8, 4) is 0 Å². The van der Waals surface area contributed by atoms with Gasteiger partial charge in [-0.05, 0) is 30.2 Å². The molecule has 0 amide bonds. The van der Waals surface area contributed by atoms with Gasteiger partial charge < -0.3 is 0 Å². The molecular weight excluding hydrogens is 220 g/mol. The average molecular weight is 231 g/mol. The Morgan fingerprint density at radius 2 is 2.07 bits per heavy atom. The molecule has 76 valence electrons. The van der Waals surface area contributed by atoms with Crippen LogP contribution in [0, 0.1) is 0 Å². The third kappa shape index (κ3) is 3.52. The number of rotatable bonds is 2. The second-order valence-corrected chi connectivity index (χ2v) is 5.47. The average Bonchev–Trinajstić information content (AvgIpc) is 2.01. The first kappa shape index (κ1) is 11.3. The fourth-order valence-corrected chi connectivity index (χ4v) is 2.09. The standard InChI is InChI=1S/C10H11ClO2S/c1-8(7-14(2,12)13)9-4-3-5-10(11)6-9/h3-7H,1-2H3/b8-7+. The number of sulfone groups is 1. The number of allylic oxidation sites excluding steroid dienone is 1. The van der Waals surface area contributed by atoms with Crippen molar-refractivity contribution >= 4 is 27.0 Å². The zero-order chi connectivity index (χ0) is 10.8. The van der Waals surface area contributed by atoms with Gasteiger partial charge >= 0.3 is 0 Å². The zero-order valence-electron chi connectivity index (χ0n) is 7.99. The molecule has 1 rings (SSSR count). The molecule has 0 heterocycles. The van der Waals surface area contributed by atoms with Crippen LogP contribution >= 0.6 is 11.6 Å². The molecule has 0 aliphatic rings. The molecular formula is C10H11ClO2S. The molecule has 0 saturated heterocycles. The number of benzene rings is 1. The van der Waals surface area contributed by atoms with E-state index in [0.29, 0.717) is 10.6 Å². The molecule has 1 aromatic rings. The lowest BCUT2D eigenvalue weighted by molar-refractivity contribution is 0.610. The van der Waals surface area contributed by atoms with Crippen LogP contribution in [-0.4, -0.2) is 14.7 Å². The van der Waals surface area contributed by atoms with Crippen molar-refractivity contribution in [2.75, 3.05) is 6.26 Å². The van der Waals surface area contributed by atoms with Gasteiger partial charge in [0.25, 0.3) is 0 Å². The molecule has 0 bridgehead atoms. The normalized spacial score (nSPS) is 12.9. The summed E-state index contributed by atoms with van der Waals surface area (Å²) < 4.78 is 22.0. The Morgan fingerprint density at radius 1 is 1.43 bits per heavy atom. The van der Waals surface area contributed by atoms with Crippen LogP contribution in [0.4, 0.5) is 0 Å². The van der Waals surface area contributed by atoms with Crippen LogP contribution in [0.3, 0.4) is 0 Å². The van der Waals surface area contributed by atoms with E-state index in [0.717, 1.165) is 5.56 Å². The van der Waals surface area contributed by atoms with Gasteiger partial charge in [-0.15, -0.1) is 0 Å². The van der Waals surface area contributed by atoms with Crippen molar-refractivity contribution in [1.82, 2.24) is 0 Å². The maximum Gasteiger partial charge on any atom is 0.169 e. The molecule has 0 aromatic heterocycles. The summed E-state index contributed by atoms with van der Waals surface area (Å²) in [6.07, 6.45) is 1.17. The van der Waals surface area contributed by atoms with Crippen LogP contribution in [0.5, 0.6) is 0 Å². The van der Waals surface area contributed by atoms with Crippen LogP contribution in [0.25, 0.3) is 5.57 Å². The minimum Gasteiger partial charge on any atom is -0.225 e. The van der Waals surface area contributed by atoms with Crippen molar-refractivity contribution in [3.63, 3.8) is 0 Å². The summed E-state index contributed by atoms with van der Waals surface area (Å²) in [4.78, 5) is 0. The van der Waals surface area contributed by atoms with Gasteiger partial charge in [0.15, 0.2) is 9.84 Å². The van der Waals surface area contributed by atoms with Crippen LogP contribution in [-0.2, 0) is 9.84 Å². The molecule has 1 aromatic carbocycles. The second kappa shape index (κ2) is 4.15. The zero-order valence-corrected chi connectivity index (χ0v) is 9.56. The lowest BCUT2D eigenvalue weighted by atomic mass is 10.1. The summed E-state index contributed by atoms with van der Waals surface area (Å²) in [6, 6.07) is 7.09. The van der Waals surface area contributed by atoms with Gasteiger partial charge in [0.05, 0.1) is 0 Å². The van der Waals surface area contributed by atoms with Crippen molar-refractivity contribution in [1.29, 1.82) is 0 Å². The molecule has 2 nitrogen and oxygen atoms in total. The number of halogens is 1. The highest BCUT2D eigenvalue weighted by molar-refractivity contribution is 7.93. The summed E-state index contributed by atoms with van der Waals surface area (Å²) in [5, 5.41) is 1.84. The van der Waals surface area contributed by atoms with Crippen LogP contribution in [0.15, 0.2) is 29.7 Å². The molecule has 0 saturated carbocycles. The van der Waals surface area contributed by atoms with Gasteiger partial charge in [-0.2, -0.15) is 0 Å². The van der Waals surface area contributed by atoms with E-state index < -0.39 is 9.84 Å². The first-order chi connectivity index (χ1) is 6.38. The van der Waals surface area contributed by atoms with E-state index in [2.05, 4.69) is 0 Å². The third-order valence-corrected chi connectivity index (χ3v) is 2.69. The Balaban J connectivity index is 3.13. The number of hydrogen-bond donors (Lipinski definition) is 0. The fourth-order valence-electron chi connectivity index (χ4n) is 1.12. The molecule has 0 fully saturated rings. The molecule has 14 heavy (non-hydrogen) atoms. The molecule has 0 spiro atoms. The highest BCUT2D eigenvalue weighted by atomic mass is 35.5. The molecule has 0 radical (unpaired) electrons. The lowest BCUT2D eigenvalue weighted by Gasteiger charge is -2.00. The summed E-state index contributed by atoms with van der Waals surface area (Å²) >= 11 is 5.78. The Labute approximate surface area is 89.1 Å². The summed E-state index contributed by atoms with van der Waals surface area (Å²) in [6.45, 7) is 1.74. The first-order valence-electron chi connectivity index (χ1n) is 4.03. The van der Waals surface area contributed by atoms with Crippen LogP contribution < -0.4 is 0 Å². The van der Waals surface area contributed by atoms with Crippen molar-refractivity contribution in [3.05, 3.63) is 40.3 Å². The van der Waals surface area contributed by atoms with Crippen molar-refractivity contribution in [2.45, 2.75) is 6.92 Å². The minimum absolute atomic E-state index is 0.601. The van der Waals surface area contributed by atoms with Gasteiger partial charge in [0.2, 0.25) is 0 Å². The van der Waals surface area contributed by atoms with Gasteiger partial charge in [0.1, 0.15) is 0 Å². The highest BCUT2D eigenvalue weighted by Crippen LogP contribution is 2.18. The van der Waals surface area contributed by atoms with Crippen LogP contribution in [0.2, 0.25) is 5.02 Å². The van der Waals surface area contributed by atoms with E-state index in [1.807, 2.05) is 6.07 Å². The van der Waals surface area contributed by atoms with E-state index in [1.165, 1.54) is 11.7 Å². The lowest BCUT2D eigenvalue weighted by Crippen LogP contribution is -1.91. The SMILES string of the molecule is C/C(=C\S(C)(=O)=O)c1cccc(Cl)c1. The smallest absolute Gasteiger partial charge is 0.169 e. The largest absolute Gasteiger partial charge is 0.225 e. The highest BCUT2D eigenvalue weighted by Gasteiger charge is 2.01. The predicted octanol–water partition coefficient (Wildman–Crippen LogP) is 2.75. The van der Waals surface area contributed by atoms with E-state index in [1.54, 1.807) is 25.1 Å². The Hall–Kier alpha value is -0.800. The maximum absolute atomic E-state index is 11.0. The van der Waals surface area contributed by atoms with Gasteiger partial charge in [-0.3, -0.25) is 0 Å². The predicted molar refractivity (Wildman–Crippen MR) is 59.9 cm³/mol. The summed E-state index contributed by atoms with van der Waals surface area (Å²) in [5.41, 5.74) is 1.51. The number of hydrogen-bond acceptors (Lipinski definition) is 2. The first-order valence-corrected chi connectivity index (χ1v) is 6.36. The minimum atomic E-state index is -3.09. The molecule has 0 aliphatic carbocycles. The Bertz CT molecular complexity index is 461. The monoisotopic (exact) mass is 230 g/mol. The molecule has 0 atom stereocenters. The summed E-state index contributed by atoms with van der Waals surface area (Å²) in [5.74, 6) is 0. The molecule has 0 unspecified atom stereocenters. The van der Waals surface area contributed by atoms with Gasteiger partial charge in [0, 0.05) is 16.7 Å².